The first-order valence-electron chi connectivity index (χ1n) is 13.2. The van der Waals surface area contributed by atoms with Gasteiger partial charge in [0.15, 0.2) is 5.65 Å². The first-order chi connectivity index (χ1) is 19.8. The largest absolute Gasteiger partial charge is 0.344 e. The van der Waals surface area contributed by atoms with Crippen LogP contribution >= 0.6 is 0 Å². The highest BCUT2D eigenvalue weighted by molar-refractivity contribution is 6.01. The molecular weight excluding hydrogens is 514 g/mol. The molecule has 0 radical (unpaired) electrons. The zero-order valence-electron chi connectivity index (χ0n) is 23.1. The molecular formula is C32H27N7O2. The zero-order valence-corrected chi connectivity index (χ0v) is 23.1. The average Bonchev–Trinajstić information content (AvgIpc) is 3.53. The normalized spacial score (nSPS) is 11.8. The van der Waals surface area contributed by atoms with Crippen LogP contribution < -0.4 is 10.9 Å². The van der Waals surface area contributed by atoms with Crippen molar-refractivity contribution in [2.24, 2.45) is 7.05 Å². The van der Waals surface area contributed by atoms with Gasteiger partial charge in [-0.1, -0.05) is 42.2 Å². The van der Waals surface area contributed by atoms with Gasteiger partial charge in [-0.25, -0.2) is 9.50 Å². The molecule has 0 aliphatic heterocycles. The molecule has 6 aromatic rings. The monoisotopic (exact) mass is 541 g/mol. The number of pyridine rings is 1. The van der Waals surface area contributed by atoms with E-state index in [2.05, 4.69) is 32.3 Å². The number of carbonyl (C=O) groups excluding carboxylic acids is 1. The predicted octanol–water partition coefficient (Wildman–Crippen LogP) is 4.27. The second kappa shape index (κ2) is 10.2. The minimum absolute atomic E-state index is 0.217. The van der Waals surface area contributed by atoms with Crippen molar-refractivity contribution in [3.63, 3.8) is 0 Å². The lowest BCUT2D eigenvalue weighted by molar-refractivity contribution is 0.0939. The fraction of sp³-hybridized carbons (Fsp3) is 0.156. The molecule has 202 valence electrons. The SMILES string of the molecule is Cc1ccn2nc(C)c(C(=O)NC(C)c3cc4cccc(C#Cc5cnn(C)c5)c4c(=O)n3-c3ccccc3)c2n1. The lowest BCUT2D eigenvalue weighted by atomic mass is 10.0. The highest BCUT2D eigenvalue weighted by Crippen LogP contribution is 2.24. The summed E-state index contributed by atoms with van der Waals surface area (Å²) in [6, 6.07) is 18.3. The molecule has 4 aromatic heterocycles. The van der Waals surface area contributed by atoms with E-state index in [1.165, 1.54) is 0 Å². The summed E-state index contributed by atoms with van der Waals surface area (Å²) in [5.41, 5.74) is 4.74. The van der Waals surface area contributed by atoms with Gasteiger partial charge in [0.25, 0.3) is 11.5 Å². The summed E-state index contributed by atoms with van der Waals surface area (Å²) in [7, 11) is 1.83. The Morgan fingerprint density at radius 1 is 1.02 bits per heavy atom. The van der Waals surface area contributed by atoms with Crippen LogP contribution in [0.4, 0.5) is 0 Å². The van der Waals surface area contributed by atoms with Crippen LogP contribution in [-0.4, -0.2) is 34.9 Å². The van der Waals surface area contributed by atoms with E-state index in [1.54, 1.807) is 33.1 Å². The van der Waals surface area contributed by atoms with E-state index in [0.29, 0.717) is 39.2 Å². The number of rotatable bonds is 4. The van der Waals surface area contributed by atoms with E-state index < -0.39 is 6.04 Å². The summed E-state index contributed by atoms with van der Waals surface area (Å²) >= 11 is 0. The maximum Gasteiger partial charge on any atom is 0.264 e. The third-order valence-corrected chi connectivity index (χ3v) is 6.95. The lowest BCUT2D eigenvalue weighted by Crippen LogP contribution is -2.32. The number of hydrogen-bond acceptors (Lipinski definition) is 5. The van der Waals surface area contributed by atoms with Crippen molar-refractivity contribution in [2.45, 2.75) is 26.8 Å². The Hall–Kier alpha value is -5.49. The van der Waals surface area contributed by atoms with Gasteiger partial charge in [0.1, 0.15) is 5.56 Å². The summed E-state index contributed by atoms with van der Waals surface area (Å²) in [5.74, 6) is 5.96. The van der Waals surface area contributed by atoms with Gasteiger partial charge in [0.05, 0.1) is 28.9 Å². The number of amides is 1. The molecule has 0 bridgehead atoms. The number of fused-ring (bicyclic) bond motifs is 2. The fourth-order valence-corrected chi connectivity index (χ4v) is 5.01. The van der Waals surface area contributed by atoms with Gasteiger partial charge >= 0.3 is 0 Å². The second-order valence-electron chi connectivity index (χ2n) is 9.96. The molecule has 1 unspecified atom stereocenters. The number of benzene rings is 2. The van der Waals surface area contributed by atoms with E-state index in [4.69, 9.17) is 0 Å². The Morgan fingerprint density at radius 3 is 2.59 bits per heavy atom. The molecule has 9 nitrogen and oxygen atoms in total. The van der Waals surface area contributed by atoms with E-state index >= 15 is 0 Å². The maximum atomic E-state index is 14.2. The molecule has 6 rings (SSSR count). The van der Waals surface area contributed by atoms with Crippen molar-refractivity contribution in [3.05, 3.63) is 123 Å². The van der Waals surface area contributed by atoms with Gasteiger partial charge in [-0.2, -0.15) is 10.2 Å². The van der Waals surface area contributed by atoms with Crippen LogP contribution in [0.5, 0.6) is 0 Å². The van der Waals surface area contributed by atoms with Gasteiger partial charge in [0.2, 0.25) is 0 Å². The first-order valence-corrected chi connectivity index (χ1v) is 13.2. The highest BCUT2D eigenvalue weighted by Gasteiger charge is 2.23. The Kier molecular flexibility index (Phi) is 6.44. The molecule has 1 atom stereocenters. The molecule has 0 saturated heterocycles. The van der Waals surface area contributed by atoms with E-state index in [1.807, 2.05) is 87.8 Å². The number of aryl methyl sites for hydroxylation is 3. The van der Waals surface area contributed by atoms with Gasteiger partial charge in [-0.15, -0.1) is 0 Å². The Balaban J connectivity index is 1.47. The van der Waals surface area contributed by atoms with Crippen molar-refractivity contribution in [1.29, 1.82) is 0 Å². The van der Waals surface area contributed by atoms with Gasteiger partial charge in [-0.3, -0.25) is 18.8 Å². The molecule has 41 heavy (non-hydrogen) atoms. The van der Waals surface area contributed by atoms with Crippen molar-refractivity contribution < 1.29 is 4.79 Å². The minimum Gasteiger partial charge on any atom is -0.344 e. The first kappa shape index (κ1) is 25.8. The van der Waals surface area contributed by atoms with E-state index in [0.717, 1.165) is 16.6 Å². The molecule has 2 aromatic carbocycles. The van der Waals surface area contributed by atoms with Crippen molar-refractivity contribution in [2.75, 3.05) is 0 Å². The smallest absolute Gasteiger partial charge is 0.264 e. The number of nitrogens with one attached hydrogen (secondary N) is 1. The van der Waals surface area contributed by atoms with Crippen molar-refractivity contribution in [1.82, 2.24) is 34.3 Å². The number of aromatic nitrogens is 6. The van der Waals surface area contributed by atoms with Crippen LogP contribution in [0.3, 0.4) is 0 Å². The Bertz CT molecular complexity index is 2070. The molecule has 9 heteroatoms. The van der Waals surface area contributed by atoms with Crippen LogP contribution in [0, 0.1) is 25.7 Å². The Labute approximate surface area is 236 Å². The topological polar surface area (TPSA) is 99.1 Å². The third kappa shape index (κ3) is 4.76. The Morgan fingerprint density at radius 2 is 1.83 bits per heavy atom. The molecule has 0 spiro atoms. The van der Waals surface area contributed by atoms with Gasteiger partial charge in [-0.05, 0) is 56.5 Å². The number of hydrogen-bond donors (Lipinski definition) is 1. The molecule has 0 aliphatic rings. The molecule has 1 amide bonds. The van der Waals surface area contributed by atoms with Crippen LogP contribution in [-0.2, 0) is 7.05 Å². The van der Waals surface area contributed by atoms with Gasteiger partial charge in [0, 0.05) is 42.1 Å². The third-order valence-electron chi connectivity index (χ3n) is 6.95. The zero-order chi connectivity index (χ0) is 28.7. The predicted molar refractivity (Wildman–Crippen MR) is 157 cm³/mol. The molecule has 4 heterocycles. The number of nitrogens with zero attached hydrogens (tertiary/aromatic N) is 6. The second-order valence-corrected chi connectivity index (χ2v) is 9.96. The molecule has 0 saturated carbocycles. The average molecular weight is 542 g/mol. The van der Waals surface area contributed by atoms with Crippen LogP contribution in [0.15, 0.2) is 84.0 Å². The van der Waals surface area contributed by atoms with Gasteiger partial charge < -0.3 is 5.32 Å². The van der Waals surface area contributed by atoms with E-state index in [9.17, 15) is 9.59 Å². The lowest BCUT2D eigenvalue weighted by Gasteiger charge is -2.21. The maximum absolute atomic E-state index is 14.2. The van der Waals surface area contributed by atoms with Crippen molar-refractivity contribution >= 4 is 22.3 Å². The number of para-hydroxylation sites is 1. The summed E-state index contributed by atoms with van der Waals surface area (Å²) in [6.45, 7) is 5.52. The highest BCUT2D eigenvalue weighted by atomic mass is 16.2. The van der Waals surface area contributed by atoms with E-state index in [-0.39, 0.29) is 11.5 Å². The molecule has 0 fully saturated rings. The van der Waals surface area contributed by atoms with Crippen molar-refractivity contribution in [3.8, 4) is 17.5 Å². The number of carbonyl (C=O) groups is 1. The van der Waals surface area contributed by atoms with Crippen LogP contribution in [0.25, 0.3) is 22.1 Å². The fourth-order valence-electron chi connectivity index (χ4n) is 5.01. The molecule has 1 N–H and O–H groups in total. The van der Waals surface area contributed by atoms with Crippen LogP contribution in [0.1, 0.15) is 51.5 Å². The standard InChI is InChI=1S/C32H27N7O2/c1-20-15-16-38-30(34-20)28(22(3)36-38)31(40)35-21(2)27-17-25-10-8-9-24(14-13-23-18-33-37(4)19-23)29(25)32(41)39(27)26-11-6-5-7-12-26/h5-12,15-19,21H,1-4H3,(H,35,40). The summed E-state index contributed by atoms with van der Waals surface area (Å²) < 4.78 is 4.93. The summed E-state index contributed by atoms with van der Waals surface area (Å²) in [5, 5.41) is 12.9. The molecule has 0 aliphatic carbocycles. The van der Waals surface area contributed by atoms with Crippen LogP contribution in [0.2, 0.25) is 0 Å². The summed E-state index contributed by atoms with van der Waals surface area (Å²) in [6.07, 6.45) is 5.30. The summed E-state index contributed by atoms with van der Waals surface area (Å²) in [4.78, 5) is 32.3. The quantitative estimate of drug-likeness (QED) is 0.336. The minimum atomic E-state index is -0.524.